The number of aryl methyl sites for hydroxylation is 1. The maximum atomic E-state index is 6.18. The molecule has 3 rings (SSSR count). The molecule has 0 bridgehead atoms. The lowest BCUT2D eigenvalue weighted by Crippen LogP contribution is -2.01. The van der Waals surface area contributed by atoms with Gasteiger partial charge in [-0.15, -0.1) is 0 Å². The third-order valence-corrected chi connectivity index (χ3v) is 4.18. The summed E-state index contributed by atoms with van der Waals surface area (Å²) >= 11 is 12.4. The first kappa shape index (κ1) is 14.2. The summed E-state index contributed by atoms with van der Waals surface area (Å²) < 4.78 is 1.98. The summed E-state index contributed by atoms with van der Waals surface area (Å²) in [5.41, 5.74) is 3.07. The second-order valence-electron chi connectivity index (χ2n) is 4.79. The van der Waals surface area contributed by atoms with Gasteiger partial charge in [-0.3, -0.25) is 4.68 Å². The van der Waals surface area contributed by atoms with E-state index >= 15 is 0 Å². The number of fused-ring (bicyclic) bond motifs is 1. The Balaban J connectivity index is 1.82. The van der Waals surface area contributed by atoms with E-state index in [1.807, 2.05) is 35.1 Å². The molecular weight excluding hydrogens is 305 g/mol. The summed E-state index contributed by atoms with van der Waals surface area (Å²) in [6.07, 6.45) is 1.88. The summed E-state index contributed by atoms with van der Waals surface area (Å²) in [6, 6.07) is 11.7. The highest BCUT2D eigenvalue weighted by Gasteiger charge is 2.06. The minimum atomic E-state index is 0.589. The third kappa shape index (κ3) is 2.85. The molecule has 108 valence electrons. The van der Waals surface area contributed by atoms with E-state index < -0.39 is 0 Å². The molecule has 0 unspecified atom stereocenters. The van der Waals surface area contributed by atoms with Crippen LogP contribution in [0.2, 0.25) is 10.0 Å². The van der Waals surface area contributed by atoms with Gasteiger partial charge in [0.05, 0.1) is 11.7 Å². The highest BCUT2D eigenvalue weighted by Crippen LogP contribution is 2.26. The molecule has 0 amide bonds. The molecule has 1 N–H and O–H groups in total. The Bertz CT molecular complexity index is 760. The summed E-state index contributed by atoms with van der Waals surface area (Å²) in [4.78, 5) is 0. The highest BCUT2D eigenvalue weighted by molar-refractivity contribution is 6.36. The summed E-state index contributed by atoms with van der Waals surface area (Å²) in [6.45, 7) is 3.54. The van der Waals surface area contributed by atoms with Gasteiger partial charge in [-0.2, -0.15) is 5.10 Å². The van der Waals surface area contributed by atoms with Gasteiger partial charge in [0, 0.05) is 39.8 Å². The first-order valence-electron chi connectivity index (χ1n) is 6.81. The van der Waals surface area contributed by atoms with Gasteiger partial charge in [0.1, 0.15) is 0 Å². The predicted molar refractivity (Wildman–Crippen MR) is 89.2 cm³/mol. The van der Waals surface area contributed by atoms with Crippen LogP contribution in [0.1, 0.15) is 12.5 Å². The van der Waals surface area contributed by atoms with Crippen LogP contribution in [0.15, 0.2) is 42.6 Å². The molecule has 21 heavy (non-hydrogen) atoms. The molecule has 0 aliphatic carbocycles. The lowest BCUT2D eigenvalue weighted by Gasteiger charge is -2.10. The average Bonchev–Trinajstić information content (AvgIpc) is 2.89. The van der Waals surface area contributed by atoms with Crippen molar-refractivity contribution in [2.75, 3.05) is 5.32 Å². The van der Waals surface area contributed by atoms with Crippen LogP contribution in [0.3, 0.4) is 0 Å². The minimum absolute atomic E-state index is 0.589. The van der Waals surface area contributed by atoms with Crippen LogP contribution in [0.25, 0.3) is 10.9 Å². The molecule has 0 radical (unpaired) electrons. The fraction of sp³-hybridized carbons (Fsp3) is 0.188. The van der Waals surface area contributed by atoms with E-state index in [0.29, 0.717) is 16.6 Å². The lowest BCUT2D eigenvalue weighted by molar-refractivity contribution is 0.684. The van der Waals surface area contributed by atoms with Crippen molar-refractivity contribution in [3.05, 3.63) is 58.2 Å². The van der Waals surface area contributed by atoms with E-state index in [0.717, 1.165) is 28.7 Å². The Morgan fingerprint density at radius 3 is 2.62 bits per heavy atom. The summed E-state index contributed by atoms with van der Waals surface area (Å²) in [5, 5.41) is 10.2. The fourth-order valence-electron chi connectivity index (χ4n) is 2.34. The molecule has 3 aromatic rings. The van der Waals surface area contributed by atoms with Crippen molar-refractivity contribution in [1.82, 2.24) is 9.78 Å². The molecule has 5 heteroatoms. The summed E-state index contributed by atoms with van der Waals surface area (Å²) in [5.74, 6) is 0. The first-order chi connectivity index (χ1) is 10.2. The number of nitrogens with zero attached hydrogens (tertiary/aromatic N) is 2. The second-order valence-corrected chi connectivity index (χ2v) is 5.60. The van der Waals surface area contributed by atoms with Gasteiger partial charge in [-0.1, -0.05) is 29.3 Å². The van der Waals surface area contributed by atoms with E-state index in [9.17, 15) is 0 Å². The number of benzene rings is 2. The minimum Gasteiger partial charge on any atom is -0.381 e. The van der Waals surface area contributed by atoms with Crippen molar-refractivity contribution in [3.63, 3.8) is 0 Å². The first-order valence-corrected chi connectivity index (χ1v) is 7.57. The van der Waals surface area contributed by atoms with Crippen LogP contribution in [-0.2, 0) is 13.1 Å². The van der Waals surface area contributed by atoms with Crippen LogP contribution in [-0.4, -0.2) is 9.78 Å². The van der Waals surface area contributed by atoms with Gasteiger partial charge in [-0.25, -0.2) is 0 Å². The number of hydrogen-bond donors (Lipinski definition) is 1. The zero-order valence-electron chi connectivity index (χ0n) is 11.6. The molecule has 0 aliphatic heterocycles. The Kier molecular flexibility index (Phi) is 4.04. The van der Waals surface area contributed by atoms with Crippen molar-refractivity contribution < 1.29 is 0 Å². The Morgan fingerprint density at radius 2 is 1.90 bits per heavy atom. The zero-order chi connectivity index (χ0) is 14.8. The smallest absolute Gasteiger partial charge is 0.0683 e. The molecule has 1 heterocycles. The number of nitrogens with one attached hydrogen (secondary N) is 1. The molecule has 0 saturated heterocycles. The molecule has 0 aliphatic rings. The third-order valence-electron chi connectivity index (χ3n) is 3.47. The van der Waals surface area contributed by atoms with Crippen LogP contribution in [0.5, 0.6) is 0 Å². The van der Waals surface area contributed by atoms with Crippen molar-refractivity contribution in [2.24, 2.45) is 0 Å². The molecule has 0 spiro atoms. The number of hydrogen-bond acceptors (Lipinski definition) is 2. The normalized spacial score (nSPS) is 11.0. The molecule has 2 aromatic carbocycles. The van der Waals surface area contributed by atoms with Crippen molar-refractivity contribution in [3.8, 4) is 0 Å². The topological polar surface area (TPSA) is 29.9 Å². The summed E-state index contributed by atoms with van der Waals surface area (Å²) in [7, 11) is 0. The Morgan fingerprint density at radius 1 is 1.14 bits per heavy atom. The second kappa shape index (κ2) is 5.96. The lowest BCUT2D eigenvalue weighted by atomic mass is 10.2. The van der Waals surface area contributed by atoms with Crippen LogP contribution >= 0.6 is 23.2 Å². The van der Waals surface area contributed by atoms with E-state index in [-0.39, 0.29) is 0 Å². The van der Waals surface area contributed by atoms with Crippen LogP contribution in [0.4, 0.5) is 5.69 Å². The van der Waals surface area contributed by atoms with Crippen molar-refractivity contribution in [1.29, 1.82) is 0 Å². The van der Waals surface area contributed by atoms with Gasteiger partial charge in [-0.05, 0) is 37.3 Å². The van der Waals surface area contributed by atoms with E-state index in [1.165, 1.54) is 0 Å². The van der Waals surface area contributed by atoms with Gasteiger partial charge in [0.15, 0.2) is 0 Å². The molecular formula is C16H15Cl2N3. The van der Waals surface area contributed by atoms with Gasteiger partial charge < -0.3 is 5.32 Å². The zero-order valence-corrected chi connectivity index (χ0v) is 13.1. The van der Waals surface area contributed by atoms with Crippen LogP contribution in [0, 0.1) is 0 Å². The Hall–Kier alpha value is -1.71. The monoisotopic (exact) mass is 319 g/mol. The van der Waals surface area contributed by atoms with Crippen molar-refractivity contribution >= 4 is 39.8 Å². The SMILES string of the molecule is CCn1ncc2cc(NCc3c(Cl)cccc3Cl)ccc21. The maximum absolute atomic E-state index is 6.18. The number of rotatable bonds is 4. The molecule has 0 atom stereocenters. The molecule has 0 fully saturated rings. The average molecular weight is 320 g/mol. The quantitative estimate of drug-likeness (QED) is 0.735. The van der Waals surface area contributed by atoms with Gasteiger partial charge in [0.2, 0.25) is 0 Å². The molecule has 3 nitrogen and oxygen atoms in total. The Labute approximate surface area is 133 Å². The maximum Gasteiger partial charge on any atom is 0.0683 e. The van der Waals surface area contributed by atoms with Gasteiger partial charge in [0.25, 0.3) is 0 Å². The standard InChI is InChI=1S/C16H15Cl2N3/c1-2-21-16-7-6-12(8-11(16)9-20-21)19-10-13-14(17)4-3-5-15(13)18/h3-9,19H,2,10H2,1H3. The largest absolute Gasteiger partial charge is 0.381 e. The number of aromatic nitrogens is 2. The van der Waals surface area contributed by atoms with E-state index in [4.69, 9.17) is 23.2 Å². The van der Waals surface area contributed by atoms with E-state index in [1.54, 1.807) is 0 Å². The van der Waals surface area contributed by atoms with Gasteiger partial charge >= 0.3 is 0 Å². The molecule has 0 saturated carbocycles. The highest BCUT2D eigenvalue weighted by atomic mass is 35.5. The number of halogens is 2. The van der Waals surface area contributed by atoms with E-state index in [2.05, 4.69) is 29.5 Å². The van der Waals surface area contributed by atoms with Crippen LogP contribution < -0.4 is 5.32 Å². The predicted octanol–water partition coefficient (Wildman–Crippen LogP) is 4.98. The molecule has 1 aromatic heterocycles. The number of anilines is 1. The van der Waals surface area contributed by atoms with Crippen molar-refractivity contribution in [2.45, 2.75) is 20.0 Å². The fourth-order valence-corrected chi connectivity index (χ4v) is 2.87.